The molecule has 0 radical (unpaired) electrons. The number of fused-ring (bicyclic) bond motifs is 1. The number of nitrogens with one attached hydrogen (secondary N) is 1. The summed E-state index contributed by atoms with van der Waals surface area (Å²) in [6.07, 6.45) is -7.17. The molecule has 3 aromatic heterocycles. The summed E-state index contributed by atoms with van der Waals surface area (Å²) >= 11 is 0. The SMILES string of the molecule is CC(C)n1nc(C(F)(F)F)cc1C(=O)NC1CCCn2nc(-c3ccnc(C(F)(F)F)c3)cc21. The molecule has 4 rings (SSSR count). The molecule has 0 saturated heterocycles. The van der Waals surface area contributed by atoms with Crippen molar-refractivity contribution < 1.29 is 31.1 Å². The number of amides is 1. The second-order valence-corrected chi connectivity index (χ2v) is 8.22. The molecule has 7 nitrogen and oxygen atoms in total. The lowest BCUT2D eigenvalue weighted by molar-refractivity contribution is -0.142. The maximum atomic E-state index is 13.1. The first kappa shape index (κ1) is 23.8. The third-order valence-corrected chi connectivity index (χ3v) is 5.43. The summed E-state index contributed by atoms with van der Waals surface area (Å²) in [6, 6.07) is 3.49. The van der Waals surface area contributed by atoms with Crippen LogP contribution in [0.4, 0.5) is 26.3 Å². The van der Waals surface area contributed by atoms with Gasteiger partial charge < -0.3 is 5.32 Å². The van der Waals surface area contributed by atoms with E-state index >= 15 is 0 Å². The van der Waals surface area contributed by atoms with Gasteiger partial charge in [0, 0.05) is 30.4 Å². The monoisotopic (exact) mass is 486 g/mol. The Morgan fingerprint density at radius 1 is 1.06 bits per heavy atom. The zero-order chi connectivity index (χ0) is 24.8. The molecule has 1 N–H and O–H groups in total. The lowest BCUT2D eigenvalue weighted by atomic mass is 10.0. The van der Waals surface area contributed by atoms with Crippen LogP contribution in [-0.2, 0) is 18.9 Å². The molecule has 0 saturated carbocycles. The minimum atomic E-state index is -4.70. The Balaban J connectivity index is 1.62. The molecule has 0 bridgehead atoms. The van der Waals surface area contributed by atoms with Gasteiger partial charge in [0.2, 0.25) is 0 Å². The Morgan fingerprint density at radius 2 is 1.76 bits per heavy atom. The van der Waals surface area contributed by atoms with Crippen LogP contribution in [0.15, 0.2) is 30.5 Å². The first-order valence-electron chi connectivity index (χ1n) is 10.4. The number of aromatic nitrogens is 5. The molecular weight excluding hydrogens is 466 g/mol. The Labute approximate surface area is 189 Å². The second-order valence-electron chi connectivity index (χ2n) is 8.22. The van der Waals surface area contributed by atoms with Crippen molar-refractivity contribution >= 4 is 5.91 Å². The number of rotatable bonds is 4. The number of halogens is 6. The molecule has 1 unspecified atom stereocenters. The van der Waals surface area contributed by atoms with E-state index in [4.69, 9.17) is 0 Å². The van der Waals surface area contributed by atoms with Crippen LogP contribution in [0.5, 0.6) is 0 Å². The third-order valence-electron chi connectivity index (χ3n) is 5.43. The van der Waals surface area contributed by atoms with Crippen LogP contribution in [0.1, 0.15) is 66.3 Å². The van der Waals surface area contributed by atoms with E-state index in [0.717, 1.165) is 16.9 Å². The van der Waals surface area contributed by atoms with E-state index < -0.39 is 41.7 Å². The molecule has 3 aromatic rings. The fourth-order valence-corrected chi connectivity index (χ4v) is 3.84. The zero-order valence-electron chi connectivity index (χ0n) is 18.1. The number of carbonyl (C=O) groups excluding carboxylic acids is 1. The van der Waals surface area contributed by atoms with Gasteiger partial charge in [0.05, 0.1) is 17.4 Å². The van der Waals surface area contributed by atoms with Gasteiger partial charge in [-0.3, -0.25) is 19.1 Å². The van der Waals surface area contributed by atoms with Crippen molar-refractivity contribution in [2.24, 2.45) is 0 Å². The number of aryl methyl sites for hydroxylation is 1. The summed E-state index contributed by atoms with van der Waals surface area (Å²) in [4.78, 5) is 16.3. The molecule has 0 aliphatic carbocycles. The largest absolute Gasteiger partial charge is 0.435 e. The van der Waals surface area contributed by atoms with Crippen LogP contribution in [0.3, 0.4) is 0 Å². The summed E-state index contributed by atoms with van der Waals surface area (Å²) < 4.78 is 81.1. The Bertz CT molecular complexity index is 1210. The smallest absolute Gasteiger partial charge is 0.342 e. The quantitative estimate of drug-likeness (QED) is 0.525. The van der Waals surface area contributed by atoms with Crippen molar-refractivity contribution in [1.29, 1.82) is 0 Å². The fraction of sp³-hybridized carbons (Fsp3) is 0.429. The molecule has 1 atom stereocenters. The zero-order valence-corrected chi connectivity index (χ0v) is 18.1. The molecule has 182 valence electrons. The van der Waals surface area contributed by atoms with Gasteiger partial charge in [-0.15, -0.1) is 0 Å². The fourth-order valence-electron chi connectivity index (χ4n) is 3.84. The van der Waals surface area contributed by atoms with Crippen molar-refractivity contribution in [3.8, 4) is 11.3 Å². The predicted molar refractivity (Wildman–Crippen MR) is 108 cm³/mol. The van der Waals surface area contributed by atoms with E-state index in [1.807, 2.05) is 0 Å². The van der Waals surface area contributed by atoms with Crippen LogP contribution in [-0.4, -0.2) is 30.5 Å². The van der Waals surface area contributed by atoms with E-state index in [1.165, 1.54) is 6.07 Å². The van der Waals surface area contributed by atoms with Gasteiger partial charge >= 0.3 is 12.4 Å². The summed E-state index contributed by atoms with van der Waals surface area (Å²) in [5, 5.41) is 10.6. The number of alkyl halides is 6. The van der Waals surface area contributed by atoms with Gasteiger partial charge in [0.25, 0.3) is 5.91 Å². The highest BCUT2D eigenvalue weighted by Gasteiger charge is 2.37. The van der Waals surface area contributed by atoms with Crippen molar-refractivity contribution in [3.63, 3.8) is 0 Å². The van der Waals surface area contributed by atoms with Crippen molar-refractivity contribution in [3.05, 3.63) is 53.2 Å². The molecular formula is C21H20F6N6O. The first-order chi connectivity index (χ1) is 15.8. The molecule has 4 heterocycles. The summed E-state index contributed by atoms with van der Waals surface area (Å²) in [5.74, 6) is -0.735. The Hall–Kier alpha value is -3.38. The molecule has 1 aliphatic heterocycles. The standard InChI is InChI=1S/C21H20F6N6O/c1-11(2)33-16(10-18(31-33)21(25,26)27)19(34)29-13-4-3-7-32-15(13)9-14(30-32)12-5-6-28-17(8-12)20(22,23)24/h5-6,8-11,13H,3-4,7H2,1-2H3,(H,29,34). The Morgan fingerprint density at radius 3 is 2.41 bits per heavy atom. The highest BCUT2D eigenvalue weighted by Crippen LogP contribution is 2.33. The second kappa shape index (κ2) is 8.44. The number of nitrogens with zero attached hydrogens (tertiary/aromatic N) is 5. The molecule has 34 heavy (non-hydrogen) atoms. The molecule has 0 aromatic carbocycles. The average Bonchev–Trinajstić information content (AvgIpc) is 3.39. The number of hydrogen-bond acceptors (Lipinski definition) is 4. The molecule has 1 aliphatic rings. The molecule has 13 heteroatoms. The van der Waals surface area contributed by atoms with E-state index in [-0.39, 0.29) is 17.0 Å². The lowest BCUT2D eigenvalue weighted by Gasteiger charge is -2.24. The third kappa shape index (κ3) is 4.64. The van der Waals surface area contributed by atoms with Gasteiger partial charge in [-0.25, -0.2) is 0 Å². The predicted octanol–water partition coefficient (Wildman–Crippen LogP) is 5.03. The maximum Gasteiger partial charge on any atom is 0.435 e. The topological polar surface area (TPSA) is 77.6 Å². The highest BCUT2D eigenvalue weighted by molar-refractivity contribution is 5.93. The van der Waals surface area contributed by atoms with Gasteiger partial charge in [-0.2, -0.15) is 36.5 Å². The van der Waals surface area contributed by atoms with Gasteiger partial charge in [0.1, 0.15) is 11.4 Å². The van der Waals surface area contributed by atoms with Crippen LogP contribution in [0.25, 0.3) is 11.3 Å². The number of hydrogen-bond donors (Lipinski definition) is 1. The van der Waals surface area contributed by atoms with Crippen molar-refractivity contribution in [2.45, 2.75) is 57.7 Å². The summed E-state index contributed by atoms with van der Waals surface area (Å²) in [7, 11) is 0. The molecule has 0 fully saturated rings. The van der Waals surface area contributed by atoms with Crippen molar-refractivity contribution in [2.75, 3.05) is 0 Å². The van der Waals surface area contributed by atoms with Gasteiger partial charge in [-0.1, -0.05) is 0 Å². The van der Waals surface area contributed by atoms with Crippen LogP contribution in [0.2, 0.25) is 0 Å². The first-order valence-corrected chi connectivity index (χ1v) is 10.4. The summed E-state index contributed by atoms with van der Waals surface area (Å²) in [6.45, 7) is 3.70. The van der Waals surface area contributed by atoms with E-state index in [1.54, 1.807) is 24.6 Å². The minimum Gasteiger partial charge on any atom is -0.342 e. The highest BCUT2D eigenvalue weighted by atomic mass is 19.4. The minimum absolute atomic E-state index is 0.210. The Kier molecular flexibility index (Phi) is 5.90. The normalized spacial score (nSPS) is 16.6. The summed E-state index contributed by atoms with van der Waals surface area (Å²) in [5.41, 5.74) is -1.42. The number of pyridine rings is 1. The maximum absolute atomic E-state index is 13.1. The van der Waals surface area contributed by atoms with Crippen molar-refractivity contribution in [1.82, 2.24) is 29.9 Å². The lowest BCUT2D eigenvalue weighted by Crippen LogP contribution is -2.34. The number of carbonyl (C=O) groups is 1. The van der Waals surface area contributed by atoms with Crippen LogP contribution < -0.4 is 5.32 Å². The van der Waals surface area contributed by atoms with E-state index in [2.05, 4.69) is 20.5 Å². The van der Waals surface area contributed by atoms with E-state index in [9.17, 15) is 31.1 Å². The van der Waals surface area contributed by atoms with Crippen LogP contribution >= 0.6 is 0 Å². The average molecular weight is 486 g/mol. The van der Waals surface area contributed by atoms with E-state index in [0.29, 0.717) is 31.1 Å². The molecule has 1 amide bonds. The van der Waals surface area contributed by atoms with Gasteiger partial charge in [-0.05, 0) is 44.9 Å². The van der Waals surface area contributed by atoms with Crippen LogP contribution in [0, 0.1) is 0 Å². The molecule has 0 spiro atoms. The van der Waals surface area contributed by atoms with Gasteiger partial charge in [0.15, 0.2) is 5.69 Å².